The number of carbonyl (C=O) groups is 3. The van der Waals surface area contributed by atoms with Gasteiger partial charge in [-0.3, -0.25) is 32.5 Å². The van der Waals surface area contributed by atoms with Crippen LogP contribution in [-0.2, 0) is 55.8 Å². The molecule has 0 aliphatic rings. The fraction of sp³-hybridized carbons (Fsp3) is 0.660. The van der Waals surface area contributed by atoms with Crippen LogP contribution < -0.4 is 0 Å². The zero-order valence-corrected chi connectivity index (χ0v) is 73.9. The van der Waals surface area contributed by atoms with Gasteiger partial charge < -0.3 is 34.2 Å². The molecule has 0 saturated carbocycles. The first kappa shape index (κ1) is 110. The van der Waals surface area contributed by atoms with Gasteiger partial charge in [-0.15, -0.1) is 0 Å². The van der Waals surface area contributed by atoms with Gasteiger partial charge in [-0.25, -0.2) is 9.13 Å². The van der Waals surface area contributed by atoms with Gasteiger partial charge in [0, 0.05) is 19.3 Å². The number of rotatable bonds is 84. The van der Waals surface area contributed by atoms with Gasteiger partial charge in [0.2, 0.25) is 0 Å². The third kappa shape index (κ3) is 89.3. The number of esters is 3. The van der Waals surface area contributed by atoms with E-state index in [-0.39, 0.29) is 19.3 Å². The molecule has 0 fully saturated rings. The van der Waals surface area contributed by atoms with E-state index in [4.69, 9.17) is 32.3 Å². The van der Waals surface area contributed by atoms with Crippen molar-refractivity contribution in [2.45, 2.75) is 373 Å². The molecule has 5 unspecified atom stereocenters. The standard InChI is InChI=1S/C97H162O16P2/c1-4-7-10-13-16-19-22-25-28-31-34-36-38-40-42-43-44-45-46-47-49-51-52-54-57-59-62-65-68-71-74-77-80-83-95(100)107-86-92(98)87-109-114(103,104)110-88-93(99)89-111-115(105,106)112-91-94(113-97(102)85-82-79-76-73-70-67-64-61-56-33-30-27-24-21-18-15-12-9-6-3)90-108-96(101)84-81-78-75-72-69-66-63-60-58-55-53-50-48-41-39-37-35-32-29-26-23-20-17-14-11-8-5-2/h7,9-10,12,16-21,25-30,34-37,40-42,44-45,48,56,61,67,70,92-94,98-99H,4-6,8,11,13-15,22-24,31-33,38-39,43,46-47,49-55,57-60,62-66,68-69,71-91H2,1-3H3,(H,103,104)(H,105,106)/b10-7-,12-9-,19-16-,20-17-,21-18-,28-25-,29-26-,30-27-,36-34-,37-35-,42-40-,45-44-,48-41-,61-56-,70-67-. The molecule has 0 aliphatic carbocycles. The summed E-state index contributed by atoms with van der Waals surface area (Å²) in [7, 11) is -9.82. The Morgan fingerprint density at radius 2 is 0.461 bits per heavy atom. The Hall–Kier alpha value is -5.35. The molecular formula is C97H162O16P2. The topological polar surface area (TPSA) is 231 Å². The number of ether oxygens (including phenoxy) is 3. The summed E-state index contributed by atoms with van der Waals surface area (Å²) in [6.07, 6.45) is 115. The summed E-state index contributed by atoms with van der Waals surface area (Å²) in [5, 5.41) is 20.7. The van der Waals surface area contributed by atoms with Gasteiger partial charge in [0.25, 0.3) is 0 Å². The van der Waals surface area contributed by atoms with Gasteiger partial charge in [0.15, 0.2) is 6.10 Å². The average Bonchev–Trinajstić information content (AvgIpc) is 0.902. The quantitative estimate of drug-likeness (QED) is 0.0146. The van der Waals surface area contributed by atoms with Crippen LogP contribution in [0.25, 0.3) is 0 Å². The second kappa shape index (κ2) is 87.9. The number of phosphoric acid groups is 2. The van der Waals surface area contributed by atoms with Crippen LogP contribution in [0, 0.1) is 0 Å². The first-order valence-electron chi connectivity index (χ1n) is 45.1. The summed E-state index contributed by atoms with van der Waals surface area (Å²) in [5.74, 6) is -1.62. The normalized spacial score (nSPS) is 14.7. The molecule has 0 aromatic carbocycles. The van der Waals surface area contributed by atoms with E-state index >= 15 is 0 Å². The van der Waals surface area contributed by atoms with E-state index in [9.17, 15) is 43.5 Å². The summed E-state index contributed by atoms with van der Waals surface area (Å²) >= 11 is 0. The number of aliphatic hydroxyl groups excluding tert-OH is 2. The lowest BCUT2D eigenvalue weighted by molar-refractivity contribution is -0.161. The zero-order valence-electron chi connectivity index (χ0n) is 72.1. The fourth-order valence-corrected chi connectivity index (χ4v) is 13.4. The molecule has 18 heteroatoms. The van der Waals surface area contributed by atoms with Crippen LogP contribution >= 0.6 is 15.6 Å². The van der Waals surface area contributed by atoms with Gasteiger partial charge >= 0.3 is 33.6 Å². The van der Waals surface area contributed by atoms with Gasteiger partial charge in [-0.2, -0.15) is 0 Å². The number of hydrogen-bond donors (Lipinski definition) is 4. The average molecular weight is 1650 g/mol. The molecule has 5 atom stereocenters. The van der Waals surface area contributed by atoms with Crippen LogP contribution in [-0.4, -0.2) is 95.9 Å². The predicted molar refractivity (Wildman–Crippen MR) is 481 cm³/mol. The number of hydrogen-bond acceptors (Lipinski definition) is 14. The molecule has 0 bridgehead atoms. The van der Waals surface area contributed by atoms with Crippen molar-refractivity contribution in [2.24, 2.45) is 0 Å². The Kier molecular flexibility index (Phi) is 83.9. The number of aliphatic hydroxyl groups is 2. The molecule has 0 rings (SSSR count). The van der Waals surface area contributed by atoms with Crippen molar-refractivity contribution in [1.29, 1.82) is 0 Å². The summed E-state index contributed by atoms with van der Waals surface area (Å²) in [6, 6.07) is 0. The van der Waals surface area contributed by atoms with Crippen LogP contribution in [0.1, 0.15) is 355 Å². The lowest BCUT2D eigenvalue weighted by atomic mass is 10.0. The SMILES string of the molecule is CC/C=C\C/C=C\C/C=C\C/C=C\C/C=C\C/C=C\CCCCCCCCCCCCCCCCC(=O)OCC(O)COP(=O)(O)OCC(O)COP(=O)(O)OCC(COC(=O)CCCCCCCCCCCCC/C=C\C/C=C\C/C=C\C/C=C\CCCCC)OC(=O)CCCCC/C=C\C/C=C\C/C=C\C/C=C\C/C=C\CC. The third-order valence-corrected chi connectivity index (χ3v) is 20.5. The lowest BCUT2D eigenvalue weighted by Gasteiger charge is -2.21. The first-order valence-corrected chi connectivity index (χ1v) is 48.1. The lowest BCUT2D eigenvalue weighted by Crippen LogP contribution is -2.30. The molecule has 656 valence electrons. The summed E-state index contributed by atoms with van der Waals surface area (Å²) in [5.41, 5.74) is 0. The minimum Gasteiger partial charge on any atom is -0.463 e. The third-order valence-electron chi connectivity index (χ3n) is 18.6. The van der Waals surface area contributed by atoms with E-state index in [0.717, 1.165) is 167 Å². The highest BCUT2D eigenvalue weighted by molar-refractivity contribution is 7.47. The highest BCUT2D eigenvalue weighted by Crippen LogP contribution is 2.45. The van der Waals surface area contributed by atoms with Crippen LogP contribution in [0.3, 0.4) is 0 Å². The molecule has 0 aromatic heterocycles. The molecule has 115 heavy (non-hydrogen) atoms. The first-order chi connectivity index (χ1) is 56.2. The van der Waals surface area contributed by atoms with Crippen molar-refractivity contribution in [2.75, 3.05) is 39.6 Å². The van der Waals surface area contributed by atoms with Crippen molar-refractivity contribution >= 4 is 33.6 Å². The number of unbranched alkanes of at least 4 members (excludes halogenated alkanes) is 31. The number of phosphoric ester groups is 2. The maximum absolute atomic E-state index is 13.0. The van der Waals surface area contributed by atoms with Crippen molar-refractivity contribution in [3.05, 3.63) is 182 Å². The van der Waals surface area contributed by atoms with Gasteiger partial charge in [0.1, 0.15) is 25.4 Å². The second-order valence-electron chi connectivity index (χ2n) is 29.6. The summed E-state index contributed by atoms with van der Waals surface area (Å²) in [6.45, 7) is 2.40. The molecule has 0 heterocycles. The van der Waals surface area contributed by atoms with Crippen LogP contribution in [0.4, 0.5) is 0 Å². The molecule has 0 saturated heterocycles. The van der Waals surface area contributed by atoms with Gasteiger partial charge in [-0.05, 0) is 161 Å². The van der Waals surface area contributed by atoms with Gasteiger partial charge in [0.05, 0.1) is 26.4 Å². The van der Waals surface area contributed by atoms with Crippen LogP contribution in [0.5, 0.6) is 0 Å². The predicted octanol–water partition coefficient (Wildman–Crippen LogP) is 27.7. The smallest absolute Gasteiger partial charge is 0.463 e. The summed E-state index contributed by atoms with van der Waals surface area (Å²) in [4.78, 5) is 58.9. The Labute approximate surface area is 700 Å². The van der Waals surface area contributed by atoms with Gasteiger partial charge in [-0.1, -0.05) is 357 Å². The Balaban J connectivity index is 4.57. The second-order valence-corrected chi connectivity index (χ2v) is 32.5. The van der Waals surface area contributed by atoms with E-state index in [2.05, 4.69) is 203 Å². The molecule has 4 N–H and O–H groups in total. The Bertz CT molecular complexity index is 2820. The van der Waals surface area contributed by atoms with E-state index in [1.807, 2.05) is 0 Å². The fourth-order valence-electron chi connectivity index (χ4n) is 11.8. The minimum atomic E-state index is -4.95. The Morgan fingerprint density at radius 1 is 0.252 bits per heavy atom. The molecule has 0 aromatic rings. The maximum Gasteiger partial charge on any atom is 0.472 e. The number of carbonyl (C=O) groups excluding carboxylic acids is 3. The van der Waals surface area contributed by atoms with E-state index in [1.165, 1.54) is 128 Å². The Morgan fingerprint density at radius 3 is 0.739 bits per heavy atom. The van der Waals surface area contributed by atoms with Crippen molar-refractivity contribution in [3.8, 4) is 0 Å². The molecule has 0 radical (unpaired) electrons. The zero-order chi connectivity index (χ0) is 83.6. The molecular weight excluding hydrogens is 1480 g/mol. The highest BCUT2D eigenvalue weighted by atomic mass is 31.2. The largest absolute Gasteiger partial charge is 0.472 e. The van der Waals surface area contributed by atoms with Crippen LogP contribution in [0.2, 0.25) is 0 Å². The molecule has 0 aliphatic heterocycles. The van der Waals surface area contributed by atoms with Crippen LogP contribution in [0.15, 0.2) is 182 Å². The van der Waals surface area contributed by atoms with E-state index < -0.39 is 91.5 Å². The summed E-state index contributed by atoms with van der Waals surface area (Å²) < 4.78 is 61.4. The monoisotopic (exact) mass is 1650 g/mol. The van der Waals surface area contributed by atoms with Crippen molar-refractivity contribution in [3.63, 3.8) is 0 Å². The number of allylic oxidation sites excluding steroid dienone is 30. The van der Waals surface area contributed by atoms with Crippen molar-refractivity contribution in [1.82, 2.24) is 0 Å². The molecule has 16 nitrogen and oxygen atoms in total. The minimum absolute atomic E-state index is 0.0598. The highest BCUT2D eigenvalue weighted by Gasteiger charge is 2.29. The van der Waals surface area contributed by atoms with Crippen molar-refractivity contribution < 1.29 is 75.8 Å². The maximum atomic E-state index is 13.0. The van der Waals surface area contributed by atoms with E-state index in [1.54, 1.807) is 0 Å². The molecule has 0 amide bonds. The molecule has 0 spiro atoms. The van der Waals surface area contributed by atoms with E-state index in [0.29, 0.717) is 19.3 Å².